The van der Waals surface area contributed by atoms with Crippen molar-refractivity contribution in [3.63, 3.8) is 0 Å². The first-order valence-electron chi connectivity index (χ1n) is 5.99. The fraction of sp³-hybridized carbons (Fsp3) is 0.133. The van der Waals surface area contributed by atoms with Gasteiger partial charge in [-0.25, -0.2) is 8.91 Å². The smallest absolute Gasteiger partial charge is 0.115 e. The number of fused-ring (bicyclic) bond motifs is 1. The van der Waals surface area contributed by atoms with Crippen LogP contribution in [0.3, 0.4) is 0 Å². The van der Waals surface area contributed by atoms with Crippen LogP contribution in [0.4, 0.5) is 4.39 Å². The first-order chi connectivity index (χ1) is 9.19. The third-order valence-corrected chi connectivity index (χ3v) is 3.40. The molecule has 19 heavy (non-hydrogen) atoms. The molecule has 0 spiro atoms. The van der Waals surface area contributed by atoms with Crippen LogP contribution in [0.25, 0.3) is 16.6 Å². The van der Waals surface area contributed by atoms with Crippen LogP contribution in [-0.4, -0.2) is 9.61 Å². The van der Waals surface area contributed by atoms with Crippen LogP contribution in [-0.2, 0) is 6.67 Å². The molecule has 0 aliphatic heterocycles. The standard InChI is InChI=1S/C15H12ClFN2/c1-10-15(12-4-2-11(9-17)3-5-12)14-8-13(16)6-7-19(14)18-10/h2-8H,9H2,1H3. The van der Waals surface area contributed by atoms with Crippen molar-refractivity contribution < 1.29 is 4.39 Å². The van der Waals surface area contributed by atoms with E-state index >= 15 is 0 Å². The lowest BCUT2D eigenvalue weighted by atomic mass is 10.0. The summed E-state index contributed by atoms with van der Waals surface area (Å²) in [5.41, 5.74) is 4.61. The Balaban J connectivity index is 2.22. The molecule has 0 radical (unpaired) electrons. The van der Waals surface area contributed by atoms with E-state index in [2.05, 4.69) is 5.10 Å². The number of nitrogens with zero attached hydrogens (tertiary/aromatic N) is 2. The predicted molar refractivity (Wildman–Crippen MR) is 75.2 cm³/mol. The third kappa shape index (κ3) is 2.10. The molecule has 96 valence electrons. The van der Waals surface area contributed by atoms with Gasteiger partial charge < -0.3 is 0 Å². The predicted octanol–water partition coefficient (Wildman–Crippen LogP) is 4.43. The Hall–Kier alpha value is -1.87. The van der Waals surface area contributed by atoms with Crippen LogP contribution >= 0.6 is 11.6 Å². The maximum Gasteiger partial charge on any atom is 0.115 e. The summed E-state index contributed by atoms with van der Waals surface area (Å²) in [6.07, 6.45) is 1.84. The molecule has 0 unspecified atom stereocenters. The van der Waals surface area contributed by atoms with E-state index in [1.54, 1.807) is 22.7 Å². The Kier molecular flexibility index (Phi) is 2.99. The van der Waals surface area contributed by atoms with Gasteiger partial charge in [0, 0.05) is 16.8 Å². The quantitative estimate of drug-likeness (QED) is 0.676. The molecular weight excluding hydrogens is 263 g/mol. The highest BCUT2D eigenvalue weighted by Crippen LogP contribution is 2.29. The van der Waals surface area contributed by atoms with Gasteiger partial charge in [-0.3, -0.25) is 0 Å². The summed E-state index contributed by atoms with van der Waals surface area (Å²) < 4.78 is 14.4. The van der Waals surface area contributed by atoms with Gasteiger partial charge in [0.05, 0.1) is 11.2 Å². The summed E-state index contributed by atoms with van der Waals surface area (Å²) in [7, 11) is 0. The Morgan fingerprint density at radius 1 is 1.21 bits per heavy atom. The lowest BCUT2D eigenvalue weighted by Gasteiger charge is -2.02. The van der Waals surface area contributed by atoms with Gasteiger partial charge >= 0.3 is 0 Å². The molecule has 2 nitrogen and oxygen atoms in total. The molecule has 0 atom stereocenters. The van der Waals surface area contributed by atoms with E-state index in [0.717, 1.165) is 22.3 Å². The van der Waals surface area contributed by atoms with Crippen LogP contribution in [0.2, 0.25) is 5.02 Å². The molecule has 0 bridgehead atoms. The SMILES string of the molecule is Cc1nn2ccc(Cl)cc2c1-c1ccc(CF)cc1. The van der Waals surface area contributed by atoms with Crippen molar-refractivity contribution in [2.75, 3.05) is 0 Å². The van der Waals surface area contributed by atoms with Crippen molar-refractivity contribution in [1.29, 1.82) is 0 Å². The minimum atomic E-state index is -0.445. The molecule has 4 heteroatoms. The van der Waals surface area contributed by atoms with Crippen LogP contribution in [0, 0.1) is 6.92 Å². The molecule has 0 N–H and O–H groups in total. The first kappa shape index (κ1) is 12.2. The average molecular weight is 275 g/mol. The van der Waals surface area contributed by atoms with Crippen molar-refractivity contribution >= 4 is 17.1 Å². The monoisotopic (exact) mass is 274 g/mol. The van der Waals surface area contributed by atoms with E-state index < -0.39 is 6.67 Å². The lowest BCUT2D eigenvalue weighted by Crippen LogP contribution is -1.85. The fourth-order valence-electron chi connectivity index (χ4n) is 2.26. The minimum absolute atomic E-state index is 0.445. The third-order valence-electron chi connectivity index (χ3n) is 3.17. The summed E-state index contributed by atoms with van der Waals surface area (Å²) in [6, 6.07) is 11.1. The molecule has 0 aliphatic rings. The van der Waals surface area contributed by atoms with Crippen molar-refractivity contribution in [2.45, 2.75) is 13.6 Å². The van der Waals surface area contributed by atoms with E-state index in [0.29, 0.717) is 10.6 Å². The van der Waals surface area contributed by atoms with E-state index in [4.69, 9.17) is 11.6 Å². The topological polar surface area (TPSA) is 17.3 Å². The van der Waals surface area contributed by atoms with Crippen molar-refractivity contribution in [3.05, 3.63) is 58.9 Å². The first-order valence-corrected chi connectivity index (χ1v) is 6.36. The van der Waals surface area contributed by atoms with Gasteiger partial charge in [0.15, 0.2) is 0 Å². The van der Waals surface area contributed by atoms with Crippen molar-refractivity contribution in [3.8, 4) is 11.1 Å². The summed E-state index contributed by atoms with van der Waals surface area (Å²) in [4.78, 5) is 0. The highest BCUT2D eigenvalue weighted by atomic mass is 35.5. The average Bonchev–Trinajstić information content (AvgIpc) is 2.74. The molecule has 0 saturated heterocycles. The van der Waals surface area contributed by atoms with Gasteiger partial charge in [0.1, 0.15) is 6.67 Å². The summed E-state index contributed by atoms with van der Waals surface area (Å²) >= 11 is 6.04. The molecule has 2 heterocycles. The maximum atomic E-state index is 12.6. The second kappa shape index (κ2) is 4.67. The minimum Gasteiger partial charge on any atom is -0.246 e. The van der Waals surface area contributed by atoms with Gasteiger partial charge in [-0.1, -0.05) is 35.9 Å². The van der Waals surface area contributed by atoms with Gasteiger partial charge in [-0.15, -0.1) is 0 Å². The number of benzene rings is 1. The molecule has 0 saturated carbocycles. The zero-order chi connectivity index (χ0) is 13.4. The number of aryl methyl sites for hydroxylation is 1. The van der Waals surface area contributed by atoms with E-state index in [1.807, 2.05) is 31.3 Å². The Labute approximate surface area is 115 Å². The number of hydrogen-bond acceptors (Lipinski definition) is 1. The second-order valence-electron chi connectivity index (χ2n) is 4.47. The number of hydrogen-bond donors (Lipinski definition) is 0. The maximum absolute atomic E-state index is 12.6. The number of halogens is 2. The zero-order valence-electron chi connectivity index (χ0n) is 10.4. The van der Waals surface area contributed by atoms with E-state index in [1.165, 1.54) is 0 Å². The highest BCUT2D eigenvalue weighted by molar-refractivity contribution is 6.31. The van der Waals surface area contributed by atoms with Crippen molar-refractivity contribution in [1.82, 2.24) is 9.61 Å². The van der Waals surface area contributed by atoms with Gasteiger partial charge in [0.25, 0.3) is 0 Å². The fourth-order valence-corrected chi connectivity index (χ4v) is 2.41. The molecule has 0 amide bonds. The Bertz CT molecular complexity index is 732. The summed E-state index contributed by atoms with van der Waals surface area (Å²) in [6.45, 7) is 1.51. The molecule has 3 aromatic rings. The van der Waals surface area contributed by atoms with E-state index in [9.17, 15) is 4.39 Å². The highest BCUT2D eigenvalue weighted by Gasteiger charge is 2.11. The van der Waals surface area contributed by atoms with Crippen LogP contribution in [0.5, 0.6) is 0 Å². The summed E-state index contributed by atoms with van der Waals surface area (Å²) in [5, 5.41) is 5.13. The molecule has 2 aromatic heterocycles. The van der Waals surface area contributed by atoms with E-state index in [-0.39, 0.29) is 0 Å². The number of rotatable bonds is 2. The van der Waals surface area contributed by atoms with Gasteiger partial charge in [0.2, 0.25) is 0 Å². The molecule has 1 aromatic carbocycles. The molecule has 0 aliphatic carbocycles. The Morgan fingerprint density at radius 2 is 1.95 bits per heavy atom. The normalized spacial score (nSPS) is 11.1. The number of pyridine rings is 1. The van der Waals surface area contributed by atoms with Gasteiger partial charge in [-0.05, 0) is 30.2 Å². The largest absolute Gasteiger partial charge is 0.246 e. The van der Waals surface area contributed by atoms with Crippen molar-refractivity contribution in [2.24, 2.45) is 0 Å². The molecule has 0 fully saturated rings. The lowest BCUT2D eigenvalue weighted by molar-refractivity contribution is 0.485. The van der Waals surface area contributed by atoms with Gasteiger partial charge in [-0.2, -0.15) is 5.10 Å². The van der Waals surface area contributed by atoms with Crippen LogP contribution in [0.1, 0.15) is 11.3 Å². The summed E-state index contributed by atoms with van der Waals surface area (Å²) in [5.74, 6) is 0. The van der Waals surface area contributed by atoms with Crippen LogP contribution < -0.4 is 0 Å². The number of alkyl halides is 1. The zero-order valence-corrected chi connectivity index (χ0v) is 11.2. The number of aromatic nitrogens is 2. The molecular formula is C15H12ClFN2. The van der Waals surface area contributed by atoms with Crippen LogP contribution in [0.15, 0.2) is 42.6 Å². The molecule has 3 rings (SSSR count). The second-order valence-corrected chi connectivity index (χ2v) is 4.90. The Morgan fingerprint density at radius 3 is 2.63 bits per heavy atom.